The van der Waals surface area contributed by atoms with Crippen LogP contribution >= 0.6 is 0 Å². The molecule has 1 aliphatic rings. The number of nitrogens with one attached hydrogen (secondary N) is 1. The summed E-state index contributed by atoms with van der Waals surface area (Å²) in [7, 11) is 3.47. The average Bonchev–Trinajstić information content (AvgIpc) is 2.85. The lowest BCUT2D eigenvalue weighted by Gasteiger charge is -2.25. The number of hydrogen-bond donors (Lipinski definition) is 2. The zero-order valence-electron chi connectivity index (χ0n) is 15.6. The molecule has 0 aromatic heterocycles. The maximum Gasteiger partial charge on any atom is 0.317 e. The van der Waals surface area contributed by atoms with Gasteiger partial charge in [0.2, 0.25) is 5.91 Å². The van der Waals surface area contributed by atoms with Crippen molar-refractivity contribution in [3.8, 4) is 5.75 Å². The fraction of sp³-hybridized carbons (Fsp3) is 0.579. The van der Waals surface area contributed by atoms with Crippen molar-refractivity contribution in [2.75, 3.05) is 45.7 Å². The van der Waals surface area contributed by atoms with Crippen LogP contribution in [0.3, 0.4) is 0 Å². The van der Waals surface area contributed by atoms with Gasteiger partial charge in [0.15, 0.2) is 0 Å². The highest BCUT2D eigenvalue weighted by molar-refractivity contribution is 5.91. The maximum atomic E-state index is 12.2. The van der Waals surface area contributed by atoms with Crippen LogP contribution in [-0.2, 0) is 9.59 Å². The number of hydrogen-bond acceptors (Lipinski definition) is 5. The molecule has 1 aromatic carbocycles. The fourth-order valence-corrected chi connectivity index (χ4v) is 3.33. The predicted octanol–water partition coefficient (Wildman–Crippen LogP) is 1.89. The van der Waals surface area contributed by atoms with Gasteiger partial charge in [0, 0.05) is 30.8 Å². The average molecular weight is 363 g/mol. The monoisotopic (exact) mass is 363 g/mol. The summed E-state index contributed by atoms with van der Waals surface area (Å²) in [5.74, 6) is -0.0864. The van der Waals surface area contributed by atoms with E-state index >= 15 is 0 Å². The van der Waals surface area contributed by atoms with Crippen LogP contribution in [-0.4, -0.2) is 73.2 Å². The number of carbonyl (C=O) groups excluding carboxylic acids is 1. The molecule has 1 aromatic rings. The second-order valence-electron chi connectivity index (χ2n) is 6.77. The SMILES string of the molecule is COc1cccc(NC(=O)CCN2CCCC(N(C)CC(=O)O)CC2)c1. The molecule has 1 heterocycles. The molecule has 1 fully saturated rings. The summed E-state index contributed by atoms with van der Waals surface area (Å²) >= 11 is 0. The van der Waals surface area contributed by atoms with Crippen molar-refractivity contribution in [1.82, 2.24) is 9.80 Å². The highest BCUT2D eigenvalue weighted by Gasteiger charge is 2.21. The van der Waals surface area contributed by atoms with Crippen LogP contribution in [0.4, 0.5) is 5.69 Å². The molecule has 0 saturated carbocycles. The number of likely N-dealkylation sites (tertiary alicyclic amines) is 1. The zero-order valence-corrected chi connectivity index (χ0v) is 15.6. The molecule has 2 rings (SSSR count). The summed E-state index contributed by atoms with van der Waals surface area (Å²) in [6, 6.07) is 7.62. The predicted molar refractivity (Wildman–Crippen MR) is 101 cm³/mol. The molecule has 0 bridgehead atoms. The number of carboxylic acids is 1. The number of nitrogens with zero attached hydrogens (tertiary/aromatic N) is 2. The number of anilines is 1. The van der Waals surface area contributed by atoms with Crippen LogP contribution in [0.5, 0.6) is 5.75 Å². The molecule has 1 amide bonds. The first-order chi connectivity index (χ1) is 12.5. The van der Waals surface area contributed by atoms with Gasteiger partial charge in [-0.2, -0.15) is 0 Å². The smallest absolute Gasteiger partial charge is 0.317 e. The van der Waals surface area contributed by atoms with Crippen LogP contribution in [0.2, 0.25) is 0 Å². The summed E-state index contributed by atoms with van der Waals surface area (Å²) in [6.45, 7) is 2.63. The number of aliphatic carboxylic acids is 1. The minimum absolute atomic E-state index is 0.0120. The second-order valence-corrected chi connectivity index (χ2v) is 6.77. The Labute approximate surface area is 154 Å². The number of likely N-dealkylation sites (N-methyl/N-ethyl adjacent to an activating group) is 1. The summed E-state index contributed by atoms with van der Waals surface area (Å²) in [4.78, 5) is 27.3. The van der Waals surface area contributed by atoms with E-state index in [4.69, 9.17) is 9.84 Å². The molecule has 1 unspecified atom stereocenters. The maximum absolute atomic E-state index is 12.2. The summed E-state index contributed by atoms with van der Waals surface area (Å²) in [5.41, 5.74) is 0.737. The van der Waals surface area contributed by atoms with Crippen LogP contribution in [0.25, 0.3) is 0 Å². The zero-order chi connectivity index (χ0) is 18.9. The van der Waals surface area contributed by atoms with E-state index in [0.29, 0.717) is 24.8 Å². The first-order valence-corrected chi connectivity index (χ1v) is 9.06. The normalized spacial score (nSPS) is 18.3. The molecule has 144 valence electrons. The lowest BCUT2D eigenvalue weighted by atomic mass is 10.1. The molecule has 0 aliphatic carbocycles. The Morgan fingerprint density at radius 1 is 1.35 bits per heavy atom. The molecule has 2 N–H and O–H groups in total. The molecule has 1 saturated heterocycles. The Hall–Kier alpha value is -2.12. The largest absolute Gasteiger partial charge is 0.497 e. The number of amides is 1. The van der Waals surface area contributed by atoms with Gasteiger partial charge < -0.3 is 20.1 Å². The van der Waals surface area contributed by atoms with Gasteiger partial charge in [-0.1, -0.05) is 6.07 Å². The van der Waals surface area contributed by atoms with Crippen molar-refractivity contribution in [2.45, 2.75) is 31.7 Å². The third kappa shape index (κ3) is 6.65. The number of carboxylic acid groups (broad SMARTS) is 1. The summed E-state index contributed by atoms with van der Waals surface area (Å²) in [5, 5.41) is 11.8. The molecule has 1 aliphatic heterocycles. The molecule has 7 heteroatoms. The van der Waals surface area contributed by atoms with Crippen molar-refractivity contribution in [1.29, 1.82) is 0 Å². The van der Waals surface area contributed by atoms with Crippen molar-refractivity contribution < 1.29 is 19.4 Å². The van der Waals surface area contributed by atoms with E-state index < -0.39 is 5.97 Å². The topological polar surface area (TPSA) is 82.1 Å². The van der Waals surface area contributed by atoms with Gasteiger partial charge in [0.05, 0.1) is 13.7 Å². The summed E-state index contributed by atoms with van der Waals surface area (Å²) in [6.07, 6.45) is 3.39. The molecule has 0 radical (unpaired) electrons. The fourth-order valence-electron chi connectivity index (χ4n) is 3.33. The lowest BCUT2D eigenvalue weighted by molar-refractivity contribution is -0.138. The van der Waals surface area contributed by atoms with Gasteiger partial charge in [-0.15, -0.1) is 0 Å². The first kappa shape index (κ1) is 20.2. The standard InChI is InChI=1S/C19H29N3O4/c1-21(14-19(24)25)16-6-4-10-22(11-8-16)12-9-18(23)20-15-5-3-7-17(13-15)26-2/h3,5,7,13,16H,4,6,8-12,14H2,1-2H3,(H,20,23)(H,24,25). The number of ether oxygens (including phenoxy) is 1. The Morgan fingerprint density at radius 2 is 2.15 bits per heavy atom. The van der Waals surface area contributed by atoms with Crippen molar-refractivity contribution in [3.63, 3.8) is 0 Å². The van der Waals surface area contributed by atoms with E-state index in [2.05, 4.69) is 10.2 Å². The second kappa shape index (κ2) is 10.1. The van der Waals surface area contributed by atoms with Crippen LogP contribution in [0.1, 0.15) is 25.7 Å². The minimum Gasteiger partial charge on any atom is -0.497 e. The number of methoxy groups -OCH3 is 1. The number of rotatable bonds is 8. The van der Waals surface area contributed by atoms with Gasteiger partial charge in [-0.05, 0) is 51.5 Å². The van der Waals surface area contributed by atoms with E-state index in [9.17, 15) is 9.59 Å². The van der Waals surface area contributed by atoms with E-state index in [1.807, 2.05) is 30.1 Å². The van der Waals surface area contributed by atoms with Gasteiger partial charge in [0.25, 0.3) is 0 Å². The summed E-state index contributed by atoms with van der Waals surface area (Å²) < 4.78 is 5.16. The third-order valence-corrected chi connectivity index (χ3v) is 4.81. The highest BCUT2D eigenvalue weighted by atomic mass is 16.5. The highest BCUT2D eigenvalue weighted by Crippen LogP contribution is 2.18. The van der Waals surface area contributed by atoms with Crippen LogP contribution in [0, 0.1) is 0 Å². The lowest BCUT2D eigenvalue weighted by Crippen LogP contribution is -2.36. The molecule has 0 spiro atoms. The van der Waals surface area contributed by atoms with E-state index in [0.717, 1.165) is 38.0 Å². The Kier molecular flexibility index (Phi) is 7.87. The van der Waals surface area contributed by atoms with E-state index in [1.54, 1.807) is 13.2 Å². The Bertz CT molecular complexity index is 608. The van der Waals surface area contributed by atoms with Crippen LogP contribution < -0.4 is 10.1 Å². The Morgan fingerprint density at radius 3 is 2.88 bits per heavy atom. The molecule has 1 atom stereocenters. The minimum atomic E-state index is -0.789. The van der Waals surface area contributed by atoms with E-state index in [-0.39, 0.29) is 12.5 Å². The van der Waals surface area contributed by atoms with Crippen molar-refractivity contribution >= 4 is 17.6 Å². The van der Waals surface area contributed by atoms with Gasteiger partial charge >= 0.3 is 5.97 Å². The third-order valence-electron chi connectivity index (χ3n) is 4.81. The number of carbonyl (C=O) groups is 2. The van der Waals surface area contributed by atoms with Crippen molar-refractivity contribution in [2.24, 2.45) is 0 Å². The van der Waals surface area contributed by atoms with Gasteiger partial charge in [-0.25, -0.2) is 0 Å². The van der Waals surface area contributed by atoms with E-state index in [1.165, 1.54) is 0 Å². The molecular weight excluding hydrogens is 334 g/mol. The molecular formula is C19H29N3O4. The first-order valence-electron chi connectivity index (χ1n) is 9.06. The van der Waals surface area contributed by atoms with Gasteiger partial charge in [0.1, 0.15) is 5.75 Å². The van der Waals surface area contributed by atoms with Crippen LogP contribution in [0.15, 0.2) is 24.3 Å². The quantitative estimate of drug-likeness (QED) is 0.734. The van der Waals surface area contributed by atoms with Crippen molar-refractivity contribution in [3.05, 3.63) is 24.3 Å². The van der Waals surface area contributed by atoms with Gasteiger partial charge in [-0.3, -0.25) is 14.5 Å². The molecule has 7 nitrogen and oxygen atoms in total. The molecule has 26 heavy (non-hydrogen) atoms. The number of benzene rings is 1. The Balaban J connectivity index is 1.75.